The summed E-state index contributed by atoms with van der Waals surface area (Å²) >= 11 is 0. The van der Waals surface area contributed by atoms with Crippen molar-refractivity contribution < 1.29 is 9.50 Å². The molecule has 23 heavy (non-hydrogen) atoms. The molecule has 0 radical (unpaired) electrons. The van der Waals surface area contributed by atoms with Gasteiger partial charge in [0.2, 0.25) is 0 Å². The Morgan fingerprint density at radius 3 is 2.17 bits per heavy atom. The van der Waals surface area contributed by atoms with Gasteiger partial charge in [-0.1, -0.05) is 56.3 Å². The van der Waals surface area contributed by atoms with Gasteiger partial charge >= 0.3 is 0 Å². The van der Waals surface area contributed by atoms with Gasteiger partial charge in [-0.3, -0.25) is 0 Å². The standard InChI is InChI=1S/C20H26FNO/c1-4-22(5-2)15-14-20(3,23)17-12-10-16(11-13-17)18-8-6-7-9-19(18)21/h6-13,23H,4-5,14-15H2,1-3H3. The van der Waals surface area contributed by atoms with Crippen molar-refractivity contribution in [1.82, 2.24) is 4.90 Å². The molecule has 2 nitrogen and oxygen atoms in total. The quantitative estimate of drug-likeness (QED) is 0.817. The van der Waals surface area contributed by atoms with Crippen LogP contribution in [-0.2, 0) is 5.60 Å². The van der Waals surface area contributed by atoms with E-state index >= 15 is 0 Å². The van der Waals surface area contributed by atoms with Crippen molar-refractivity contribution in [3.63, 3.8) is 0 Å². The van der Waals surface area contributed by atoms with Crippen molar-refractivity contribution in [3.05, 3.63) is 59.9 Å². The summed E-state index contributed by atoms with van der Waals surface area (Å²) in [5.74, 6) is -0.228. The molecule has 0 aliphatic rings. The van der Waals surface area contributed by atoms with Crippen LogP contribution in [0.4, 0.5) is 4.39 Å². The zero-order valence-corrected chi connectivity index (χ0v) is 14.2. The summed E-state index contributed by atoms with van der Waals surface area (Å²) in [7, 11) is 0. The van der Waals surface area contributed by atoms with Gasteiger partial charge in [0.05, 0.1) is 5.60 Å². The summed E-state index contributed by atoms with van der Waals surface area (Å²) in [6, 6.07) is 14.3. The van der Waals surface area contributed by atoms with E-state index in [1.54, 1.807) is 12.1 Å². The first-order valence-corrected chi connectivity index (χ1v) is 8.28. The first kappa shape index (κ1) is 17.6. The number of hydrogen-bond donors (Lipinski definition) is 1. The maximum atomic E-state index is 13.8. The molecule has 2 aromatic rings. The van der Waals surface area contributed by atoms with Gasteiger partial charge in [-0.15, -0.1) is 0 Å². The van der Waals surface area contributed by atoms with Gasteiger partial charge < -0.3 is 10.0 Å². The van der Waals surface area contributed by atoms with Gasteiger partial charge in [0.1, 0.15) is 5.82 Å². The van der Waals surface area contributed by atoms with Crippen molar-refractivity contribution >= 4 is 0 Å². The van der Waals surface area contributed by atoms with Crippen molar-refractivity contribution in [2.24, 2.45) is 0 Å². The number of halogens is 1. The summed E-state index contributed by atoms with van der Waals surface area (Å²) in [6.45, 7) is 8.92. The molecular formula is C20H26FNO. The molecule has 0 aliphatic heterocycles. The number of hydrogen-bond acceptors (Lipinski definition) is 2. The van der Waals surface area contributed by atoms with E-state index in [-0.39, 0.29) is 5.82 Å². The van der Waals surface area contributed by atoms with Crippen molar-refractivity contribution in [3.8, 4) is 11.1 Å². The lowest BCUT2D eigenvalue weighted by molar-refractivity contribution is 0.0369. The Morgan fingerprint density at radius 1 is 1.00 bits per heavy atom. The third-order valence-corrected chi connectivity index (χ3v) is 4.50. The Bertz CT molecular complexity index is 618. The average molecular weight is 315 g/mol. The highest BCUT2D eigenvalue weighted by Gasteiger charge is 2.23. The van der Waals surface area contributed by atoms with Crippen LogP contribution >= 0.6 is 0 Å². The summed E-state index contributed by atoms with van der Waals surface area (Å²) in [4.78, 5) is 2.29. The molecule has 1 atom stereocenters. The summed E-state index contributed by atoms with van der Waals surface area (Å²) in [6.07, 6.45) is 0.674. The van der Waals surface area contributed by atoms with E-state index in [4.69, 9.17) is 0 Å². The highest BCUT2D eigenvalue weighted by atomic mass is 19.1. The fraction of sp³-hybridized carbons (Fsp3) is 0.400. The molecule has 2 aromatic carbocycles. The van der Waals surface area contributed by atoms with Crippen LogP contribution in [0.5, 0.6) is 0 Å². The van der Waals surface area contributed by atoms with Crippen LogP contribution in [0.3, 0.4) is 0 Å². The van der Waals surface area contributed by atoms with Gasteiger partial charge in [-0.25, -0.2) is 4.39 Å². The van der Waals surface area contributed by atoms with Gasteiger partial charge in [0.25, 0.3) is 0 Å². The molecule has 0 saturated carbocycles. The molecule has 0 aliphatic carbocycles. The fourth-order valence-corrected chi connectivity index (χ4v) is 2.76. The molecule has 1 N–H and O–H groups in total. The van der Waals surface area contributed by atoms with Crippen LogP contribution in [-0.4, -0.2) is 29.6 Å². The average Bonchev–Trinajstić information content (AvgIpc) is 2.56. The van der Waals surface area contributed by atoms with Gasteiger partial charge in [-0.05, 0) is 43.6 Å². The van der Waals surface area contributed by atoms with E-state index in [0.717, 1.165) is 30.8 Å². The number of nitrogens with zero attached hydrogens (tertiary/aromatic N) is 1. The third kappa shape index (κ3) is 4.40. The van der Waals surface area contributed by atoms with Crippen LogP contribution in [0.1, 0.15) is 32.8 Å². The Kier molecular flexibility index (Phi) is 5.91. The first-order valence-electron chi connectivity index (χ1n) is 8.28. The van der Waals surface area contributed by atoms with Crippen molar-refractivity contribution in [1.29, 1.82) is 0 Å². The normalized spacial score (nSPS) is 14.0. The van der Waals surface area contributed by atoms with Crippen LogP contribution in [0.15, 0.2) is 48.5 Å². The van der Waals surface area contributed by atoms with E-state index in [9.17, 15) is 9.50 Å². The van der Waals surface area contributed by atoms with Crippen molar-refractivity contribution in [2.45, 2.75) is 32.8 Å². The van der Waals surface area contributed by atoms with Crippen LogP contribution in [0.2, 0.25) is 0 Å². The Labute approximate surface area is 138 Å². The third-order valence-electron chi connectivity index (χ3n) is 4.50. The highest BCUT2D eigenvalue weighted by molar-refractivity contribution is 5.64. The molecule has 0 fully saturated rings. The number of rotatable bonds is 7. The van der Waals surface area contributed by atoms with Crippen LogP contribution in [0, 0.1) is 5.82 Å². The highest BCUT2D eigenvalue weighted by Crippen LogP contribution is 2.28. The SMILES string of the molecule is CCN(CC)CCC(C)(O)c1ccc(-c2ccccc2F)cc1. The number of aliphatic hydroxyl groups is 1. The minimum Gasteiger partial charge on any atom is -0.385 e. The summed E-state index contributed by atoms with van der Waals surface area (Å²) in [5.41, 5.74) is 1.40. The van der Waals surface area contributed by atoms with E-state index in [1.165, 1.54) is 6.07 Å². The smallest absolute Gasteiger partial charge is 0.131 e. The minimum atomic E-state index is -0.879. The molecule has 2 rings (SSSR count). The second kappa shape index (κ2) is 7.71. The Hall–Kier alpha value is -1.71. The predicted octanol–water partition coefficient (Wildman–Crippen LogP) is 4.43. The van der Waals surface area contributed by atoms with Gasteiger partial charge in [0, 0.05) is 12.1 Å². The molecular weight excluding hydrogens is 289 g/mol. The van der Waals surface area contributed by atoms with Crippen molar-refractivity contribution in [2.75, 3.05) is 19.6 Å². The lowest BCUT2D eigenvalue weighted by atomic mass is 9.90. The second-order valence-corrected chi connectivity index (χ2v) is 6.11. The van der Waals surface area contributed by atoms with E-state index in [0.29, 0.717) is 12.0 Å². The molecule has 124 valence electrons. The molecule has 0 saturated heterocycles. The topological polar surface area (TPSA) is 23.5 Å². The maximum absolute atomic E-state index is 13.8. The van der Waals surface area contributed by atoms with Crippen LogP contribution < -0.4 is 0 Å². The molecule has 1 unspecified atom stereocenters. The van der Waals surface area contributed by atoms with Gasteiger partial charge in [0.15, 0.2) is 0 Å². The Balaban J connectivity index is 2.13. The predicted molar refractivity (Wildman–Crippen MR) is 93.8 cm³/mol. The van der Waals surface area contributed by atoms with E-state index in [1.807, 2.05) is 37.3 Å². The molecule has 0 spiro atoms. The fourth-order valence-electron chi connectivity index (χ4n) is 2.76. The zero-order chi connectivity index (χ0) is 16.9. The van der Waals surface area contributed by atoms with Crippen LogP contribution in [0.25, 0.3) is 11.1 Å². The first-order chi connectivity index (χ1) is 11.0. The zero-order valence-electron chi connectivity index (χ0n) is 14.2. The minimum absolute atomic E-state index is 0.228. The molecule has 3 heteroatoms. The summed E-state index contributed by atoms with van der Waals surface area (Å²) < 4.78 is 13.8. The monoisotopic (exact) mass is 315 g/mol. The largest absolute Gasteiger partial charge is 0.385 e. The lowest BCUT2D eigenvalue weighted by Crippen LogP contribution is -2.31. The van der Waals surface area contributed by atoms with E-state index in [2.05, 4.69) is 18.7 Å². The molecule has 0 heterocycles. The van der Waals surface area contributed by atoms with Gasteiger partial charge in [-0.2, -0.15) is 0 Å². The van der Waals surface area contributed by atoms with E-state index < -0.39 is 5.60 Å². The molecule has 0 amide bonds. The Morgan fingerprint density at radius 2 is 1.61 bits per heavy atom. The second-order valence-electron chi connectivity index (χ2n) is 6.11. The maximum Gasteiger partial charge on any atom is 0.131 e. The lowest BCUT2D eigenvalue weighted by Gasteiger charge is -2.28. The summed E-state index contributed by atoms with van der Waals surface area (Å²) in [5, 5.41) is 10.7. The molecule has 0 bridgehead atoms. The number of benzene rings is 2. The molecule has 0 aromatic heterocycles.